The molecule has 1 aliphatic carbocycles. The normalized spacial score (nSPS) is 18.7. The van der Waals surface area contributed by atoms with Crippen LogP contribution in [0.15, 0.2) is 30.3 Å². The first-order chi connectivity index (χ1) is 8.13. The Morgan fingerprint density at radius 2 is 1.76 bits per heavy atom. The summed E-state index contributed by atoms with van der Waals surface area (Å²) in [4.78, 5) is 14.1. The predicted molar refractivity (Wildman–Crippen MR) is 69.9 cm³/mol. The third kappa shape index (κ3) is 2.50. The zero-order chi connectivity index (χ0) is 12.3. The van der Waals surface area contributed by atoms with Crippen LogP contribution in [0.1, 0.15) is 32.1 Å². The van der Waals surface area contributed by atoms with Crippen LogP contribution in [-0.2, 0) is 4.79 Å². The molecule has 2 N–H and O–H groups in total. The summed E-state index contributed by atoms with van der Waals surface area (Å²) < 4.78 is 0. The molecule has 0 saturated heterocycles. The van der Waals surface area contributed by atoms with E-state index in [0.717, 1.165) is 31.4 Å². The van der Waals surface area contributed by atoms with Crippen molar-refractivity contribution >= 4 is 11.6 Å². The summed E-state index contributed by atoms with van der Waals surface area (Å²) in [5.41, 5.74) is 6.51. The lowest BCUT2D eigenvalue weighted by Gasteiger charge is -2.35. The fraction of sp³-hybridized carbons (Fsp3) is 0.500. The zero-order valence-corrected chi connectivity index (χ0v) is 10.4. The van der Waals surface area contributed by atoms with Crippen molar-refractivity contribution in [1.29, 1.82) is 0 Å². The summed E-state index contributed by atoms with van der Waals surface area (Å²) >= 11 is 0. The molecule has 1 aliphatic rings. The molecular formula is C14H20N2O. The van der Waals surface area contributed by atoms with Gasteiger partial charge in [-0.05, 0) is 25.0 Å². The van der Waals surface area contributed by atoms with E-state index in [0.29, 0.717) is 0 Å². The average Bonchev–Trinajstić information content (AvgIpc) is 2.39. The van der Waals surface area contributed by atoms with E-state index in [1.807, 2.05) is 30.3 Å². The largest absolute Gasteiger partial charge is 0.317 e. The second kappa shape index (κ2) is 4.88. The maximum atomic E-state index is 12.4. The summed E-state index contributed by atoms with van der Waals surface area (Å²) in [7, 11) is 1.81. The summed E-state index contributed by atoms with van der Waals surface area (Å²) in [5, 5.41) is 0. The highest BCUT2D eigenvalue weighted by atomic mass is 16.2. The Bertz CT molecular complexity index is 382. The van der Waals surface area contributed by atoms with Gasteiger partial charge in [0.05, 0.1) is 5.54 Å². The Kier molecular flexibility index (Phi) is 3.48. The van der Waals surface area contributed by atoms with E-state index in [-0.39, 0.29) is 5.91 Å². The lowest BCUT2D eigenvalue weighted by Crippen LogP contribution is -2.55. The number of nitrogens with two attached hydrogens (primary N) is 1. The molecule has 17 heavy (non-hydrogen) atoms. The topological polar surface area (TPSA) is 46.3 Å². The van der Waals surface area contributed by atoms with Crippen LogP contribution in [0.5, 0.6) is 0 Å². The number of likely N-dealkylation sites (N-methyl/N-ethyl adjacent to an activating group) is 1. The maximum absolute atomic E-state index is 12.4. The molecule has 2 rings (SSSR count). The second-order valence-corrected chi connectivity index (χ2v) is 4.92. The third-order valence-corrected chi connectivity index (χ3v) is 3.62. The number of nitrogens with zero attached hydrogens (tertiary/aromatic N) is 1. The number of amides is 1. The Balaban J connectivity index is 2.14. The predicted octanol–water partition coefficient (Wildman–Crippen LogP) is 2.31. The molecule has 1 fully saturated rings. The monoisotopic (exact) mass is 232 g/mol. The van der Waals surface area contributed by atoms with E-state index >= 15 is 0 Å². The molecule has 0 aliphatic heterocycles. The van der Waals surface area contributed by atoms with Crippen molar-refractivity contribution in [1.82, 2.24) is 0 Å². The fourth-order valence-corrected chi connectivity index (χ4v) is 2.50. The van der Waals surface area contributed by atoms with Gasteiger partial charge in [-0.2, -0.15) is 0 Å². The van der Waals surface area contributed by atoms with Crippen LogP contribution in [0.25, 0.3) is 0 Å². The van der Waals surface area contributed by atoms with Crippen molar-refractivity contribution in [2.75, 3.05) is 11.9 Å². The van der Waals surface area contributed by atoms with Gasteiger partial charge in [-0.3, -0.25) is 4.79 Å². The highest BCUT2D eigenvalue weighted by Crippen LogP contribution is 2.28. The number of carbonyl (C=O) groups is 1. The number of hydrogen-bond donors (Lipinski definition) is 1. The summed E-state index contributed by atoms with van der Waals surface area (Å²) in [6, 6.07) is 9.68. The van der Waals surface area contributed by atoms with Gasteiger partial charge < -0.3 is 10.6 Å². The first-order valence-corrected chi connectivity index (χ1v) is 6.26. The summed E-state index contributed by atoms with van der Waals surface area (Å²) in [5.74, 6) is 0.0448. The maximum Gasteiger partial charge on any atom is 0.246 e. The van der Waals surface area contributed by atoms with Crippen molar-refractivity contribution in [2.24, 2.45) is 5.73 Å². The van der Waals surface area contributed by atoms with Crippen molar-refractivity contribution in [2.45, 2.75) is 37.6 Å². The van der Waals surface area contributed by atoms with E-state index in [9.17, 15) is 4.79 Å². The number of rotatable bonds is 2. The standard InChI is InChI=1S/C14H20N2O/c1-16(12-8-4-2-5-9-12)13(17)14(15)10-6-3-7-11-14/h2,4-5,8-9H,3,6-7,10-11,15H2,1H3. The Morgan fingerprint density at radius 3 is 2.35 bits per heavy atom. The minimum atomic E-state index is -0.650. The van der Waals surface area contributed by atoms with Crippen LogP contribution in [-0.4, -0.2) is 18.5 Å². The molecule has 1 aromatic rings. The Hall–Kier alpha value is -1.35. The Morgan fingerprint density at radius 1 is 1.18 bits per heavy atom. The minimum absolute atomic E-state index is 0.0448. The fourth-order valence-electron chi connectivity index (χ4n) is 2.50. The van der Waals surface area contributed by atoms with Crippen molar-refractivity contribution in [3.63, 3.8) is 0 Å². The first-order valence-electron chi connectivity index (χ1n) is 6.26. The number of para-hydroxylation sites is 1. The minimum Gasteiger partial charge on any atom is -0.317 e. The average molecular weight is 232 g/mol. The number of benzene rings is 1. The molecule has 1 saturated carbocycles. The van der Waals surface area contributed by atoms with Crippen LogP contribution >= 0.6 is 0 Å². The van der Waals surface area contributed by atoms with Crippen LogP contribution in [0, 0.1) is 0 Å². The van der Waals surface area contributed by atoms with Crippen molar-refractivity contribution < 1.29 is 4.79 Å². The van der Waals surface area contributed by atoms with Gasteiger partial charge in [-0.15, -0.1) is 0 Å². The number of hydrogen-bond acceptors (Lipinski definition) is 2. The number of carbonyl (C=O) groups excluding carboxylic acids is 1. The zero-order valence-electron chi connectivity index (χ0n) is 10.4. The Labute approximate surface area is 103 Å². The molecular weight excluding hydrogens is 212 g/mol. The van der Waals surface area contributed by atoms with E-state index in [2.05, 4.69) is 0 Å². The van der Waals surface area contributed by atoms with Crippen LogP contribution < -0.4 is 10.6 Å². The lowest BCUT2D eigenvalue weighted by molar-refractivity contribution is -0.124. The van der Waals surface area contributed by atoms with Gasteiger partial charge in [-0.1, -0.05) is 37.5 Å². The van der Waals surface area contributed by atoms with Crippen molar-refractivity contribution in [3.05, 3.63) is 30.3 Å². The van der Waals surface area contributed by atoms with Gasteiger partial charge in [0.25, 0.3) is 0 Å². The molecule has 0 spiro atoms. The smallest absolute Gasteiger partial charge is 0.246 e. The molecule has 0 bridgehead atoms. The van der Waals surface area contributed by atoms with Crippen LogP contribution in [0.3, 0.4) is 0 Å². The molecule has 0 heterocycles. The molecule has 1 aromatic carbocycles. The van der Waals surface area contributed by atoms with Gasteiger partial charge >= 0.3 is 0 Å². The quantitative estimate of drug-likeness (QED) is 0.850. The molecule has 3 heteroatoms. The van der Waals surface area contributed by atoms with Crippen molar-refractivity contribution in [3.8, 4) is 0 Å². The highest BCUT2D eigenvalue weighted by Gasteiger charge is 2.37. The summed E-state index contributed by atoms with van der Waals surface area (Å²) in [6.45, 7) is 0. The first kappa shape index (κ1) is 12.1. The van der Waals surface area contributed by atoms with Gasteiger partial charge in [0, 0.05) is 12.7 Å². The molecule has 0 atom stereocenters. The van der Waals surface area contributed by atoms with E-state index < -0.39 is 5.54 Å². The van der Waals surface area contributed by atoms with Gasteiger partial charge in [0.15, 0.2) is 0 Å². The summed E-state index contributed by atoms with van der Waals surface area (Å²) in [6.07, 6.45) is 4.93. The lowest BCUT2D eigenvalue weighted by atomic mass is 9.81. The second-order valence-electron chi connectivity index (χ2n) is 4.92. The van der Waals surface area contributed by atoms with Gasteiger partial charge in [0.1, 0.15) is 0 Å². The highest BCUT2D eigenvalue weighted by molar-refractivity contribution is 5.99. The third-order valence-electron chi connectivity index (χ3n) is 3.62. The SMILES string of the molecule is CN(C(=O)C1(N)CCCCC1)c1ccccc1. The molecule has 92 valence electrons. The molecule has 0 unspecified atom stereocenters. The van der Waals surface area contributed by atoms with Gasteiger partial charge in [-0.25, -0.2) is 0 Å². The number of anilines is 1. The van der Waals surface area contributed by atoms with E-state index in [1.54, 1.807) is 11.9 Å². The van der Waals surface area contributed by atoms with E-state index in [4.69, 9.17) is 5.73 Å². The molecule has 0 radical (unpaired) electrons. The van der Waals surface area contributed by atoms with Gasteiger partial charge in [0.2, 0.25) is 5.91 Å². The van der Waals surface area contributed by atoms with Crippen LogP contribution in [0.4, 0.5) is 5.69 Å². The molecule has 0 aromatic heterocycles. The molecule has 3 nitrogen and oxygen atoms in total. The van der Waals surface area contributed by atoms with E-state index in [1.165, 1.54) is 6.42 Å². The molecule has 1 amide bonds. The van der Waals surface area contributed by atoms with Crippen LogP contribution in [0.2, 0.25) is 0 Å².